The van der Waals surface area contributed by atoms with E-state index in [1.165, 1.54) is 5.56 Å². The van der Waals surface area contributed by atoms with Gasteiger partial charge < -0.3 is 15.2 Å². The third-order valence-electron chi connectivity index (χ3n) is 5.03. The summed E-state index contributed by atoms with van der Waals surface area (Å²) in [6, 6.07) is 11.9. The molecule has 1 aromatic carbocycles. The predicted molar refractivity (Wildman–Crippen MR) is 99.9 cm³/mol. The second-order valence-corrected chi connectivity index (χ2v) is 7.05. The number of nitrogens with zero attached hydrogens (tertiary/aromatic N) is 1. The van der Waals surface area contributed by atoms with Gasteiger partial charge in [-0.1, -0.05) is 35.9 Å². The number of aromatic nitrogens is 1. The molecule has 0 bridgehead atoms. The van der Waals surface area contributed by atoms with Gasteiger partial charge >= 0.3 is 0 Å². The van der Waals surface area contributed by atoms with Gasteiger partial charge in [-0.15, -0.1) is 0 Å². The van der Waals surface area contributed by atoms with Crippen molar-refractivity contribution in [3.63, 3.8) is 0 Å². The number of nitrogens with one attached hydrogen (secondary N) is 1. The van der Waals surface area contributed by atoms with E-state index in [1.54, 1.807) is 19.4 Å². The Morgan fingerprint density at radius 3 is 2.58 bits per heavy atom. The fourth-order valence-corrected chi connectivity index (χ4v) is 3.33. The zero-order valence-corrected chi connectivity index (χ0v) is 15.3. The van der Waals surface area contributed by atoms with Crippen LogP contribution in [0.5, 0.6) is 5.88 Å². The average molecular weight is 354 g/mol. The fraction of sp³-hybridized carbons (Fsp3) is 0.429. The Labute approximate surface area is 154 Å². The van der Waals surface area contributed by atoms with Gasteiger partial charge in [0.1, 0.15) is 0 Å². The zero-order valence-electron chi connectivity index (χ0n) is 15.3. The molecule has 1 heterocycles. The lowest BCUT2D eigenvalue weighted by Crippen LogP contribution is -2.41. The number of benzene rings is 1. The molecule has 0 radical (unpaired) electrons. The number of hydrogen-bond donors (Lipinski definition) is 2. The molecule has 138 valence electrons. The second kappa shape index (κ2) is 8.32. The number of amides is 1. The van der Waals surface area contributed by atoms with Gasteiger partial charge in [0.05, 0.1) is 19.3 Å². The highest BCUT2D eigenvalue weighted by atomic mass is 16.5. The van der Waals surface area contributed by atoms with Crippen molar-refractivity contribution >= 4 is 5.91 Å². The lowest BCUT2D eigenvalue weighted by molar-refractivity contribution is -0.123. The molecule has 1 saturated carbocycles. The topological polar surface area (TPSA) is 71.5 Å². The van der Waals surface area contributed by atoms with Crippen LogP contribution in [0, 0.1) is 12.8 Å². The van der Waals surface area contributed by atoms with E-state index in [2.05, 4.69) is 41.5 Å². The maximum absolute atomic E-state index is 12.5. The van der Waals surface area contributed by atoms with Gasteiger partial charge in [0, 0.05) is 18.7 Å². The highest BCUT2D eigenvalue weighted by Gasteiger charge is 2.35. The number of hydrogen-bond acceptors (Lipinski definition) is 4. The van der Waals surface area contributed by atoms with E-state index in [0.717, 1.165) is 11.1 Å². The van der Waals surface area contributed by atoms with Gasteiger partial charge in [0.15, 0.2) is 0 Å². The van der Waals surface area contributed by atoms with Crippen LogP contribution in [0.15, 0.2) is 42.6 Å². The van der Waals surface area contributed by atoms with Crippen LogP contribution < -0.4 is 10.1 Å². The van der Waals surface area contributed by atoms with Crippen molar-refractivity contribution < 1.29 is 14.6 Å². The minimum absolute atomic E-state index is 0.0211. The maximum atomic E-state index is 12.5. The molecule has 0 spiro atoms. The van der Waals surface area contributed by atoms with Crippen LogP contribution in [0.4, 0.5) is 0 Å². The molecule has 5 nitrogen and oxygen atoms in total. The fourth-order valence-electron chi connectivity index (χ4n) is 3.33. The predicted octanol–water partition coefficient (Wildman–Crippen LogP) is 2.96. The molecule has 0 unspecified atom stereocenters. The van der Waals surface area contributed by atoms with E-state index < -0.39 is 0 Å². The van der Waals surface area contributed by atoms with Gasteiger partial charge in [-0.3, -0.25) is 4.79 Å². The van der Waals surface area contributed by atoms with Crippen molar-refractivity contribution in [1.82, 2.24) is 10.3 Å². The van der Waals surface area contributed by atoms with Crippen LogP contribution in [-0.4, -0.2) is 29.2 Å². The molecule has 1 amide bonds. The number of aliphatic hydroxyl groups is 1. The lowest BCUT2D eigenvalue weighted by Gasteiger charge is -2.38. The zero-order chi connectivity index (χ0) is 18.5. The standard InChI is InChI=1S/C21H26N2O3/c1-14-3-5-15(6-4-14)7-9-19(25)23-21(17-11-18(24)12-17)16-8-10-20(26-2)22-13-16/h3-6,8,10,13,17-18,21,24H,7,9,11-12H2,1-2H3,(H,23,25)/t17?,18?,21-/m1/s1. The van der Waals surface area contributed by atoms with Crippen molar-refractivity contribution in [1.29, 1.82) is 0 Å². The van der Waals surface area contributed by atoms with Crippen LogP contribution in [0.1, 0.15) is 42.0 Å². The van der Waals surface area contributed by atoms with Crippen molar-refractivity contribution in [2.24, 2.45) is 5.92 Å². The molecule has 0 saturated heterocycles. The molecule has 2 N–H and O–H groups in total. The van der Waals surface area contributed by atoms with E-state index >= 15 is 0 Å². The number of aliphatic hydroxyl groups excluding tert-OH is 1. The summed E-state index contributed by atoms with van der Waals surface area (Å²) >= 11 is 0. The monoisotopic (exact) mass is 354 g/mol. The number of rotatable bonds is 7. The van der Waals surface area contributed by atoms with Crippen molar-refractivity contribution in [2.45, 2.75) is 44.8 Å². The molecule has 1 aromatic heterocycles. The summed E-state index contributed by atoms with van der Waals surface area (Å²) in [6.45, 7) is 2.05. The highest BCUT2D eigenvalue weighted by molar-refractivity contribution is 5.76. The molecule has 2 aromatic rings. The van der Waals surface area contributed by atoms with Gasteiger partial charge in [0.2, 0.25) is 11.8 Å². The second-order valence-electron chi connectivity index (χ2n) is 7.05. The van der Waals surface area contributed by atoms with E-state index in [-0.39, 0.29) is 24.0 Å². The summed E-state index contributed by atoms with van der Waals surface area (Å²) in [6.07, 6.45) is 4.04. The van der Waals surface area contributed by atoms with Crippen LogP contribution in [-0.2, 0) is 11.2 Å². The first kappa shape index (κ1) is 18.4. The summed E-state index contributed by atoms with van der Waals surface area (Å²) in [5, 5.41) is 12.8. The molecular weight excluding hydrogens is 328 g/mol. The van der Waals surface area contributed by atoms with Crippen molar-refractivity contribution in [2.75, 3.05) is 7.11 Å². The number of pyridine rings is 1. The summed E-state index contributed by atoms with van der Waals surface area (Å²) in [7, 11) is 1.58. The largest absolute Gasteiger partial charge is 0.481 e. The average Bonchev–Trinajstić information content (AvgIpc) is 2.63. The number of ether oxygens (including phenoxy) is 1. The van der Waals surface area contributed by atoms with Crippen molar-refractivity contribution in [3.05, 3.63) is 59.3 Å². The van der Waals surface area contributed by atoms with E-state index in [1.807, 2.05) is 6.07 Å². The number of carbonyl (C=O) groups excluding carboxylic acids is 1. The van der Waals surface area contributed by atoms with Gasteiger partial charge in [0.25, 0.3) is 0 Å². The van der Waals surface area contributed by atoms with Crippen LogP contribution in [0.2, 0.25) is 0 Å². The number of aryl methyl sites for hydroxylation is 2. The van der Waals surface area contributed by atoms with E-state index in [9.17, 15) is 9.90 Å². The normalized spacial score (nSPS) is 20.1. The van der Waals surface area contributed by atoms with Gasteiger partial charge in [-0.2, -0.15) is 0 Å². The van der Waals surface area contributed by atoms with Crippen LogP contribution in [0.25, 0.3) is 0 Å². The Kier molecular flexibility index (Phi) is 5.89. The summed E-state index contributed by atoms with van der Waals surface area (Å²) in [5.74, 6) is 0.808. The molecule has 1 atom stereocenters. The minimum atomic E-state index is -0.266. The Hall–Kier alpha value is -2.40. The highest BCUT2D eigenvalue weighted by Crippen LogP contribution is 2.38. The van der Waals surface area contributed by atoms with Gasteiger partial charge in [-0.05, 0) is 43.2 Å². The summed E-state index contributed by atoms with van der Waals surface area (Å²) in [4.78, 5) is 16.7. The Morgan fingerprint density at radius 1 is 1.27 bits per heavy atom. The maximum Gasteiger partial charge on any atom is 0.220 e. The first-order chi connectivity index (χ1) is 12.5. The molecule has 0 aliphatic heterocycles. The van der Waals surface area contributed by atoms with E-state index in [4.69, 9.17) is 4.74 Å². The molecule has 5 heteroatoms. The Balaban J connectivity index is 1.62. The Morgan fingerprint density at radius 2 is 2.00 bits per heavy atom. The molecule has 1 aliphatic rings. The third kappa shape index (κ3) is 4.61. The van der Waals surface area contributed by atoms with E-state index in [0.29, 0.717) is 31.6 Å². The minimum Gasteiger partial charge on any atom is -0.481 e. The van der Waals surface area contributed by atoms with Gasteiger partial charge in [-0.25, -0.2) is 4.98 Å². The molecule has 1 aliphatic carbocycles. The quantitative estimate of drug-likeness (QED) is 0.802. The number of methoxy groups -OCH3 is 1. The first-order valence-corrected chi connectivity index (χ1v) is 9.08. The molecule has 1 fully saturated rings. The van der Waals surface area contributed by atoms with Crippen LogP contribution in [0.3, 0.4) is 0 Å². The smallest absolute Gasteiger partial charge is 0.220 e. The molecule has 3 rings (SSSR count). The lowest BCUT2D eigenvalue weighted by atomic mass is 9.75. The first-order valence-electron chi connectivity index (χ1n) is 9.08. The SMILES string of the molecule is COc1ccc([C@@H](NC(=O)CCc2ccc(C)cc2)C2CC(O)C2)cn1. The van der Waals surface area contributed by atoms with Crippen LogP contribution >= 0.6 is 0 Å². The third-order valence-corrected chi connectivity index (χ3v) is 5.03. The summed E-state index contributed by atoms with van der Waals surface area (Å²) < 4.78 is 5.11. The Bertz CT molecular complexity index is 722. The number of carbonyl (C=O) groups is 1. The molecular formula is C21H26N2O3. The molecule has 26 heavy (non-hydrogen) atoms. The van der Waals surface area contributed by atoms with Crippen molar-refractivity contribution in [3.8, 4) is 5.88 Å². The summed E-state index contributed by atoms with van der Waals surface area (Å²) in [5.41, 5.74) is 3.33.